The Labute approximate surface area is 111 Å². The Hall–Kier alpha value is -0.570. The Bertz CT molecular complexity index is 276. The quantitative estimate of drug-likeness (QED) is 0.789. The monoisotopic (exact) mass is 252 g/mol. The topological polar surface area (TPSA) is 41.1 Å². The Balaban J connectivity index is 1.87. The van der Waals surface area contributed by atoms with Crippen LogP contribution in [0, 0.1) is 11.3 Å². The molecule has 1 atom stereocenters. The summed E-state index contributed by atoms with van der Waals surface area (Å²) in [6, 6.07) is 0.506. The van der Waals surface area contributed by atoms with Gasteiger partial charge in [-0.25, -0.2) is 0 Å². The maximum absolute atomic E-state index is 12.5. The summed E-state index contributed by atoms with van der Waals surface area (Å²) in [4.78, 5) is 12.5. The first-order valence-corrected chi connectivity index (χ1v) is 7.64. The number of nitrogens with one attached hydrogen (secondary N) is 2. The standard InChI is InChI=1S/C15H28N2O/c1-12(2)10-15(7-3-4-8-15)14(18)17-11-13-6-5-9-16-13/h12-13,16H,3-11H2,1-2H3,(H,17,18). The van der Waals surface area contributed by atoms with Crippen molar-refractivity contribution in [1.82, 2.24) is 10.6 Å². The molecule has 0 radical (unpaired) electrons. The summed E-state index contributed by atoms with van der Waals surface area (Å²) in [6.45, 7) is 6.38. The predicted molar refractivity (Wildman–Crippen MR) is 74.4 cm³/mol. The minimum atomic E-state index is -0.0488. The van der Waals surface area contributed by atoms with E-state index in [1.54, 1.807) is 0 Å². The summed E-state index contributed by atoms with van der Waals surface area (Å²) in [5, 5.41) is 6.65. The van der Waals surface area contributed by atoms with Gasteiger partial charge >= 0.3 is 0 Å². The van der Waals surface area contributed by atoms with Crippen LogP contribution in [0.15, 0.2) is 0 Å². The smallest absolute Gasteiger partial charge is 0.226 e. The van der Waals surface area contributed by atoms with Crippen LogP contribution in [0.2, 0.25) is 0 Å². The number of amides is 1. The van der Waals surface area contributed by atoms with Gasteiger partial charge in [0.25, 0.3) is 0 Å². The molecule has 1 amide bonds. The van der Waals surface area contributed by atoms with Gasteiger partial charge in [0.15, 0.2) is 0 Å². The van der Waals surface area contributed by atoms with Crippen LogP contribution in [0.25, 0.3) is 0 Å². The fourth-order valence-corrected chi connectivity index (χ4v) is 3.69. The first kappa shape index (κ1) is 13.9. The molecule has 0 aromatic rings. The van der Waals surface area contributed by atoms with Gasteiger partial charge < -0.3 is 10.6 Å². The molecule has 18 heavy (non-hydrogen) atoms. The van der Waals surface area contributed by atoms with Gasteiger partial charge in [0.1, 0.15) is 0 Å². The van der Waals surface area contributed by atoms with Crippen molar-refractivity contribution in [1.29, 1.82) is 0 Å². The predicted octanol–water partition coefficient (Wildman–Crippen LogP) is 2.46. The van der Waals surface area contributed by atoms with Gasteiger partial charge in [-0.3, -0.25) is 4.79 Å². The van der Waals surface area contributed by atoms with Crippen molar-refractivity contribution in [3.8, 4) is 0 Å². The molecule has 3 nitrogen and oxygen atoms in total. The summed E-state index contributed by atoms with van der Waals surface area (Å²) in [5.74, 6) is 0.931. The summed E-state index contributed by atoms with van der Waals surface area (Å²) >= 11 is 0. The van der Waals surface area contributed by atoms with Crippen LogP contribution in [0.5, 0.6) is 0 Å². The molecule has 0 aromatic heterocycles. The van der Waals surface area contributed by atoms with Crippen LogP contribution in [0.3, 0.4) is 0 Å². The molecule has 3 heteroatoms. The zero-order valence-electron chi connectivity index (χ0n) is 11.9. The minimum Gasteiger partial charge on any atom is -0.354 e. The van der Waals surface area contributed by atoms with Gasteiger partial charge in [0.2, 0.25) is 5.91 Å². The first-order chi connectivity index (χ1) is 8.62. The molecule has 1 aliphatic carbocycles. The third-order valence-corrected chi connectivity index (χ3v) is 4.51. The summed E-state index contributed by atoms with van der Waals surface area (Å²) in [6.07, 6.45) is 8.14. The third kappa shape index (κ3) is 3.25. The summed E-state index contributed by atoms with van der Waals surface area (Å²) < 4.78 is 0. The Morgan fingerprint density at radius 1 is 1.33 bits per heavy atom. The van der Waals surface area contributed by atoms with Crippen LogP contribution in [0.4, 0.5) is 0 Å². The molecule has 0 aromatic carbocycles. The van der Waals surface area contributed by atoms with Crippen molar-refractivity contribution in [3.05, 3.63) is 0 Å². The molecule has 1 heterocycles. The molecule has 1 aliphatic heterocycles. The average Bonchev–Trinajstić information content (AvgIpc) is 2.96. The second-order valence-electron chi connectivity index (χ2n) is 6.59. The van der Waals surface area contributed by atoms with Crippen molar-refractivity contribution < 1.29 is 4.79 Å². The highest BCUT2D eigenvalue weighted by molar-refractivity contribution is 5.83. The Morgan fingerprint density at radius 2 is 2.06 bits per heavy atom. The second-order valence-corrected chi connectivity index (χ2v) is 6.59. The maximum Gasteiger partial charge on any atom is 0.226 e. The lowest BCUT2D eigenvalue weighted by Gasteiger charge is -2.30. The highest BCUT2D eigenvalue weighted by atomic mass is 16.2. The van der Waals surface area contributed by atoms with Crippen molar-refractivity contribution >= 4 is 5.91 Å². The third-order valence-electron chi connectivity index (χ3n) is 4.51. The molecule has 104 valence electrons. The first-order valence-electron chi connectivity index (χ1n) is 7.64. The number of rotatable bonds is 5. The molecule has 1 saturated carbocycles. The van der Waals surface area contributed by atoms with Crippen molar-refractivity contribution in [2.45, 2.75) is 64.8 Å². The maximum atomic E-state index is 12.5. The van der Waals surface area contributed by atoms with E-state index in [-0.39, 0.29) is 5.41 Å². The van der Waals surface area contributed by atoms with E-state index < -0.39 is 0 Å². The fraction of sp³-hybridized carbons (Fsp3) is 0.933. The molecule has 0 spiro atoms. The van der Waals surface area contributed by atoms with E-state index >= 15 is 0 Å². The molecule has 1 saturated heterocycles. The van der Waals surface area contributed by atoms with E-state index in [0.29, 0.717) is 17.9 Å². The Morgan fingerprint density at radius 3 is 2.61 bits per heavy atom. The molecule has 1 unspecified atom stereocenters. The molecule has 2 aliphatic rings. The van der Waals surface area contributed by atoms with Crippen LogP contribution in [0.1, 0.15) is 58.8 Å². The lowest BCUT2D eigenvalue weighted by atomic mass is 9.77. The van der Waals surface area contributed by atoms with Gasteiger partial charge in [-0.2, -0.15) is 0 Å². The van der Waals surface area contributed by atoms with E-state index in [2.05, 4.69) is 24.5 Å². The van der Waals surface area contributed by atoms with Crippen molar-refractivity contribution in [2.24, 2.45) is 11.3 Å². The number of carbonyl (C=O) groups excluding carboxylic acids is 1. The van der Waals surface area contributed by atoms with Gasteiger partial charge in [-0.1, -0.05) is 26.7 Å². The van der Waals surface area contributed by atoms with Gasteiger partial charge in [-0.05, 0) is 44.6 Å². The number of carbonyl (C=O) groups is 1. The van der Waals surface area contributed by atoms with Crippen molar-refractivity contribution in [2.75, 3.05) is 13.1 Å². The van der Waals surface area contributed by atoms with Crippen LogP contribution in [-0.4, -0.2) is 25.0 Å². The molecular formula is C15H28N2O. The van der Waals surface area contributed by atoms with Crippen LogP contribution in [-0.2, 0) is 4.79 Å². The lowest BCUT2D eigenvalue weighted by molar-refractivity contribution is -0.131. The van der Waals surface area contributed by atoms with Gasteiger partial charge in [0, 0.05) is 18.0 Å². The zero-order valence-corrected chi connectivity index (χ0v) is 11.9. The molecule has 2 N–H and O–H groups in total. The number of hydrogen-bond acceptors (Lipinski definition) is 2. The second kappa shape index (κ2) is 6.05. The zero-order chi connectivity index (χ0) is 13.0. The van der Waals surface area contributed by atoms with E-state index in [4.69, 9.17) is 0 Å². The van der Waals surface area contributed by atoms with Crippen molar-refractivity contribution in [3.63, 3.8) is 0 Å². The highest BCUT2D eigenvalue weighted by Gasteiger charge is 2.41. The van der Waals surface area contributed by atoms with Crippen LogP contribution < -0.4 is 10.6 Å². The molecule has 2 rings (SSSR count). The van der Waals surface area contributed by atoms with E-state index in [9.17, 15) is 4.79 Å². The summed E-state index contributed by atoms with van der Waals surface area (Å²) in [7, 11) is 0. The average molecular weight is 252 g/mol. The van der Waals surface area contributed by atoms with Gasteiger partial charge in [0.05, 0.1) is 0 Å². The number of hydrogen-bond donors (Lipinski definition) is 2. The molecule has 0 bridgehead atoms. The normalized spacial score (nSPS) is 26.7. The highest BCUT2D eigenvalue weighted by Crippen LogP contribution is 2.43. The molecular weight excluding hydrogens is 224 g/mol. The summed E-state index contributed by atoms with van der Waals surface area (Å²) in [5.41, 5.74) is -0.0488. The van der Waals surface area contributed by atoms with Crippen LogP contribution >= 0.6 is 0 Å². The van der Waals surface area contributed by atoms with E-state index in [1.807, 2.05) is 0 Å². The lowest BCUT2D eigenvalue weighted by Crippen LogP contribution is -2.45. The van der Waals surface area contributed by atoms with E-state index in [1.165, 1.54) is 25.7 Å². The minimum absolute atomic E-state index is 0.0488. The fourth-order valence-electron chi connectivity index (χ4n) is 3.69. The SMILES string of the molecule is CC(C)CC1(C(=O)NCC2CCCN2)CCCC1. The van der Waals surface area contributed by atoms with E-state index in [0.717, 1.165) is 32.4 Å². The van der Waals surface area contributed by atoms with Gasteiger partial charge in [-0.15, -0.1) is 0 Å². The molecule has 2 fully saturated rings. The Kier molecular flexibility index (Phi) is 4.66. The largest absolute Gasteiger partial charge is 0.354 e.